The number of rotatable bonds is 8. The first-order valence-electron chi connectivity index (χ1n) is 7.11. The highest BCUT2D eigenvalue weighted by atomic mass is 16.6. The van der Waals surface area contributed by atoms with E-state index in [0.717, 1.165) is 49.4 Å². The second kappa shape index (κ2) is 8.02. The third kappa shape index (κ3) is 4.40. The maximum Gasteiger partial charge on any atom is 0.165 e. The van der Waals surface area contributed by atoms with E-state index in [2.05, 4.69) is 11.4 Å². The molecule has 0 radical (unpaired) electrons. The van der Waals surface area contributed by atoms with Gasteiger partial charge in [0.1, 0.15) is 13.2 Å². The summed E-state index contributed by atoms with van der Waals surface area (Å²) < 4.78 is 11.2. The van der Waals surface area contributed by atoms with Crippen molar-refractivity contribution in [1.29, 1.82) is 0 Å². The maximum absolute atomic E-state index is 8.69. The summed E-state index contributed by atoms with van der Waals surface area (Å²) in [6.45, 7) is 3.38. The zero-order valence-electron chi connectivity index (χ0n) is 11.4. The summed E-state index contributed by atoms with van der Waals surface area (Å²) in [5, 5.41) is 12.1. The highest BCUT2D eigenvalue weighted by Crippen LogP contribution is 2.33. The first kappa shape index (κ1) is 14.2. The Hall–Kier alpha value is -1.26. The van der Waals surface area contributed by atoms with Crippen molar-refractivity contribution in [2.45, 2.75) is 32.2 Å². The van der Waals surface area contributed by atoms with E-state index in [-0.39, 0.29) is 0 Å². The highest BCUT2D eigenvalue weighted by molar-refractivity contribution is 5.47. The molecule has 0 bridgehead atoms. The fourth-order valence-electron chi connectivity index (χ4n) is 2.21. The molecule has 0 saturated heterocycles. The number of fused-ring (bicyclic) bond motifs is 1. The third-order valence-electron chi connectivity index (χ3n) is 3.22. The Labute approximate surface area is 114 Å². The van der Waals surface area contributed by atoms with Crippen LogP contribution in [0.5, 0.6) is 11.5 Å². The minimum absolute atomic E-state index is 0.306. The standard InChI is InChI=1S/C15H23NO3/c17-9-4-2-1-3-8-16-12-13-6-5-7-14-15(13)19-11-10-18-14/h5-7,16-17H,1-4,8-12H2. The minimum Gasteiger partial charge on any atom is -0.486 e. The molecule has 0 amide bonds. The Balaban J connectivity index is 1.71. The van der Waals surface area contributed by atoms with Gasteiger partial charge in [0.2, 0.25) is 0 Å². The van der Waals surface area contributed by atoms with Gasteiger partial charge in [-0.2, -0.15) is 0 Å². The largest absolute Gasteiger partial charge is 0.486 e. The summed E-state index contributed by atoms with van der Waals surface area (Å²) in [6.07, 6.45) is 4.33. The molecule has 4 nitrogen and oxygen atoms in total. The van der Waals surface area contributed by atoms with E-state index in [9.17, 15) is 0 Å². The van der Waals surface area contributed by atoms with Crippen LogP contribution in [0.4, 0.5) is 0 Å². The third-order valence-corrected chi connectivity index (χ3v) is 3.22. The zero-order chi connectivity index (χ0) is 13.3. The second-order valence-electron chi connectivity index (χ2n) is 4.76. The number of ether oxygens (including phenoxy) is 2. The van der Waals surface area contributed by atoms with Gasteiger partial charge in [-0.1, -0.05) is 25.0 Å². The van der Waals surface area contributed by atoms with E-state index in [4.69, 9.17) is 14.6 Å². The molecule has 19 heavy (non-hydrogen) atoms. The summed E-state index contributed by atoms with van der Waals surface area (Å²) in [6, 6.07) is 6.03. The Bertz CT molecular complexity index is 382. The maximum atomic E-state index is 8.69. The van der Waals surface area contributed by atoms with Crippen molar-refractivity contribution in [3.63, 3.8) is 0 Å². The smallest absolute Gasteiger partial charge is 0.165 e. The molecule has 1 aliphatic heterocycles. The lowest BCUT2D eigenvalue weighted by Gasteiger charge is -2.21. The molecule has 2 N–H and O–H groups in total. The molecule has 4 heteroatoms. The van der Waals surface area contributed by atoms with Crippen LogP contribution in [0.1, 0.15) is 31.2 Å². The number of aliphatic hydroxyl groups is 1. The van der Waals surface area contributed by atoms with Crippen molar-refractivity contribution >= 4 is 0 Å². The van der Waals surface area contributed by atoms with E-state index in [0.29, 0.717) is 19.8 Å². The topological polar surface area (TPSA) is 50.7 Å². The average Bonchev–Trinajstić information content (AvgIpc) is 2.46. The fourth-order valence-corrected chi connectivity index (χ4v) is 2.21. The number of benzene rings is 1. The molecule has 0 saturated carbocycles. The lowest BCUT2D eigenvalue weighted by molar-refractivity contribution is 0.169. The molecule has 0 aliphatic carbocycles. The van der Waals surface area contributed by atoms with Gasteiger partial charge in [0.05, 0.1) is 0 Å². The summed E-state index contributed by atoms with van der Waals surface area (Å²) in [7, 11) is 0. The van der Waals surface area contributed by atoms with Gasteiger partial charge in [-0.15, -0.1) is 0 Å². The van der Waals surface area contributed by atoms with Crippen LogP contribution in [0.3, 0.4) is 0 Å². The van der Waals surface area contributed by atoms with Gasteiger partial charge in [0.15, 0.2) is 11.5 Å². The molecular weight excluding hydrogens is 242 g/mol. The van der Waals surface area contributed by atoms with Crippen LogP contribution in [0.15, 0.2) is 18.2 Å². The number of hydrogen-bond donors (Lipinski definition) is 2. The van der Waals surface area contributed by atoms with Crippen molar-refractivity contribution in [2.75, 3.05) is 26.4 Å². The summed E-state index contributed by atoms with van der Waals surface area (Å²) >= 11 is 0. The lowest BCUT2D eigenvalue weighted by Crippen LogP contribution is -2.19. The molecule has 1 heterocycles. The molecule has 0 unspecified atom stereocenters. The minimum atomic E-state index is 0.306. The molecule has 0 atom stereocenters. The quantitative estimate of drug-likeness (QED) is 0.707. The SMILES string of the molecule is OCCCCCCNCc1cccc2c1OCCO2. The molecule has 0 spiro atoms. The number of aliphatic hydroxyl groups excluding tert-OH is 1. The molecular formula is C15H23NO3. The predicted octanol–water partition coefficient (Wildman–Crippen LogP) is 2.10. The Morgan fingerprint density at radius 3 is 2.79 bits per heavy atom. The van der Waals surface area contributed by atoms with Crippen molar-refractivity contribution in [1.82, 2.24) is 5.32 Å². The van der Waals surface area contributed by atoms with Gasteiger partial charge in [-0.25, -0.2) is 0 Å². The van der Waals surface area contributed by atoms with Gasteiger partial charge in [-0.3, -0.25) is 0 Å². The molecule has 106 valence electrons. The van der Waals surface area contributed by atoms with E-state index in [1.165, 1.54) is 6.42 Å². The van der Waals surface area contributed by atoms with Gasteiger partial charge >= 0.3 is 0 Å². The number of nitrogens with one attached hydrogen (secondary N) is 1. The van der Waals surface area contributed by atoms with Gasteiger partial charge in [0.25, 0.3) is 0 Å². The van der Waals surface area contributed by atoms with Crippen LogP contribution < -0.4 is 14.8 Å². The van der Waals surface area contributed by atoms with E-state index in [1.54, 1.807) is 0 Å². The van der Waals surface area contributed by atoms with Crippen LogP contribution in [0, 0.1) is 0 Å². The zero-order valence-corrected chi connectivity index (χ0v) is 11.4. The van der Waals surface area contributed by atoms with E-state index in [1.807, 2.05) is 12.1 Å². The molecule has 1 aromatic carbocycles. The molecule has 0 aromatic heterocycles. The number of unbranched alkanes of at least 4 members (excludes halogenated alkanes) is 3. The summed E-state index contributed by atoms with van der Waals surface area (Å²) in [5.74, 6) is 1.75. The molecule has 1 aromatic rings. The lowest BCUT2D eigenvalue weighted by atomic mass is 10.1. The Kier molecular flexibility index (Phi) is 5.98. The molecule has 0 fully saturated rings. The van der Waals surface area contributed by atoms with Crippen molar-refractivity contribution in [3.8, 4) is 11.5 Å². The van der Waals surface area contributed by atoms with Crippen molar-refractivity contribution in [3.05, 3.63) is 23.8 Å². The van der Waals surface area contributed by atoms with Crippen LogP contribution in [0.25, 0.3) is 0 Å². The molecule has 1 aliphatic rings. The molecule has 2 rings (SSSR count). The van der Waals surface area contributed by atoms with Crippen LogP contribution in [0.2, 0.25) is 0 Å². The number of para-hydroxylation sites is 1. The Morgan fingerprint density at radius 2 is 1.89 bits per heavy atom. The Morgan fingerprint density at radius 1 is 1.05 bits per heavy atom. The second-order valence-corrected chi connectivity index (χ2v) is 4.76. The summed E-state index contributed by atoms with van der Waals surface area (Å²) in [5.41, 5.74) is 1.16. The first-order valence-corrected chi connectivity index (χ1v) is 7.11. The van der Waals surface area contributed by atoms with Gasteiger partial charge in [-0.05, 0) is 25.5 Å². The van der Waals surface area contributed by atoms with E-state index >= 15 is 0 Å². The van der Waals surface area contributed by atoms with Gasteiger partial charge in [0, 0.05) is 18.7 Å². The predicted molar refractivity (Wildman–Crippen MR) is 74.7 cm³/mol. The average molecular weight is 265 g/mol. The fraction of sp³-hybridized carbons (Fsp3) is 0.600. The monoisotopic (exact) mass is 265 g/mol. The van der Waals surface area contributed by atoms with Crippen molar-refractivity contribution < 1.29 is 14.6 Å². The van der Waals surface area contributed by atoms with Crippen LogP contribution in [-0.4, -0.2) is 31.5 Å². The van der Waals surface area contributed by atoms with Gasteiger partial charge < -0.3 is 19.9 Å². The summed E-state index contributed by atoms with van der Waals surface area (Å²) in [4.78, 5) is 0. The number of hydrogen-bond acceptors (Lipinski definition) is 4. The van der Waals surface area contributed by atoms with Crippen molar-refractivity contribution in [2.24, 2.45) is 0 Å². The van der Waals surface area contributed by atoms with Crippen LogP contribution in [-0.2, 0) is 6.54 Å². The van der Waals surface area contributed by atoms with E-state index < -0.39 is 0 Å². The normalized spacial score (nSPS) is 13.5. The highest BCUT2D eigenvalue weighted by Gasteiger charge is 2.14. The first-order chi connectivity index (χ1) is 9.42. The van der Waals surface area contributed by atoms with Crippen LogP contribution >= 0.6 is 0 Å².